The Morgan fingerprint density at radius 2 is 1.40 bits per heavy atom. The van der Waals surface area contributed by atoms with Gasteiger partial charge in [-0.25, -0.2) is 0 Å². The van der Waals surface area contributed by atoms with Crippen LogP contribution in [0, 0.1) is 23.7 Å². The molecule has 3 heterocycles. The predicted molar refractivity (Wildman–Crippen MR) is 110 cm³/mol. The molecule has 5 aliphatic rings. The van der Waals surface area contributed by atoms with Gasteiger partial charge in [0.1, 0.15) is 12.7 Å². The van der Waals surface area contributed by atoms with Gasteiger partial charge in [-0.15, -0.1) is 10.2 Å². The molecule has 2 saturated heterocycles. The van der Waals surface area contributed by atoms with Gasteiger partial charge >= 0.3 is 0 Å². The van der Waals surface area contributed by atoms with Gasteiger partial charge in [0.25, 0.3) is 0 Å². The smallest absolute Gasteiger partial charge is 0.226 e. The molecule has 0 spiro atoms. The van der Waals surface area contributed by atoms with E-state index in [0.29, 0.717) is 24.0 Å². The minimum absolute atomic E-state index is 0.119. The van der Waals surface area contributed by atoms with Crippen LogP contribution in [0.2, 0.25) is 0 Å². The number of aromatic nitrogens is 3. The lowest BCUT2D eigenvalue weighted by Gasteiger charge is -2.45. The van der Waals surface area contributed by atoms with E-state index in [2.05, 4.69) is 15.1 Å². The number of hydrogen-bond acceptors (Lipinski definition) is 4. The second-order valence-corrected chi connectivity index (χ2v) is 10.7. The highest BCUT2D eigenvalue weighted by atomic mass is 16.2. The lowest BCUT2D eigenvalue weighted by molar-refractivity contribution is -0.145. The molecule has 6 atom stereocenters. The van der Waals surface area contributed by atoms with Gasteiger partial charge < -0.3 is 14.4 Å². The van der Waals surface area contributed by atoms with Crippen LogP contribution in [0.1, 0.15) is 70.3 Å². The van der Waals surface area contributed by atoms with E-state index in [4.69, 9.17) is 0 Å². The summed E-state index contributed by atoms with van der Waals surface area (Å²) < 4.78 is 2.02. The molecule has 7 nitrogen and oxygen atoms in total. The largest absolute Gasteiger partial charge is 0.342 e. The van der Waals surface area contributed by atoms with E-state index in [9.17, 15) is 9.59 Å². The fourth-order valence-electron chi connectivity index (χ4n) is 7.22. The number of nitrogens with zero attached hydrogens (tertiary/aromatic N) is 5. The first-order valence-electron chi connectivity index (χ1n) is 12.0. The molecule has 0 radical (unpaired) electrons. The molecule has 3 saturated carbocycles. The molecule has 5 fully saturated rings. The Balaban J connectivity index is 1.06. The number of carbonyl (C=O) groups is 2. The van der Waals surface area contributed by atoms with Gasteiger partial charge in [0.2, 0.25) is 11.8 Å². The van der Waals surface area contributed by atoms with Crippen molar-refractivity contribution in [1.29, 1.82) is 0 Å². The lowest BCUT2D eigenvalue weighted by atomic mass is 9.77. The molecule has 30 heavy (non-hydrogen) atoms. The molecule has 6 rings (SSSR count). The molecule has 2 bridgehead atoms. The summed E-state index contributed by atoms with van der Waals surface area (Å²) >= 11 is 0. The minimum Gasteiger partial charge on any atom is -0.342 e. The van der Waals surface area contributed by atoms with Gasteiger partial charge in [0, 0.05) is 43.1 Å². The number of fused-ring (bicyclic) bond motifs is 3. The van der Waals surface area contributed by atoms with Crippen LogP contribution in [0.3, 0.4) is 0 Å². The van der Waals surface area contributed by atoms with Crippen LogP contribution < -0.4 is 0 Å². The summed E-state index contributed by atoms with van der Waals surface area (Å²) in [4.78, 5) is 30.7. The van der Waals surface area contributed by atoms with Crippen LogP contribution in [-0.4, -0.2) is 61.6 Å². The van der Waals surface area contributed by atoms with Crippen LogP contribution >= 0.6 is 0 Å². The third-order valence-electron chi connectivity index (χ3n) is 9.28. The second-order valence-electron chi connectivity index (χ2n) is 10.7. The quantitative estimate of drug-likeness (QED) is 0.764. The molecule has 7 heteroatoms. The number of piperidine rings is 1. The van der Waals surface area contributed by atoms with Crippen LogP contribution in [-0.2, 0) is 9.59 Å². The minimum atomic E-state index is 0.119. The van der Waals surface area contributed by atoms with Crippen molar-refractivity contribution in [2.75, 3.05) is 7.05 Å². The molecule has 3 aliphatic carbocycles. The van der Waals surface area contributed by atoms with Crippen molar-refractivity contribution in [3.05, 3.63) is 12.7 Å². The molecule has 2 aliphatic heterocycles. The average molecular weight is 412 g/mol. The Kier molecular flexibility index (Phi) is 4.43. The molecule has 2 amide bonds. The second kappa shape index (κ2) is 7.06. The maximum absolute atomic E-state index is 13.3. The molecule has 162 valence electrons. The van der Waals surface area contributed by atoms with E-state index in [1.165, 1.54) is 12.8 Å². The highest BCUT2D eigenvalue weighted by Gasteiger charge is 2.50. The Hall–Kier alpha value is -1.92. The van der Waals surface area contributed by atoms with Gasteiger partial charge in [-0.2, -0.15) is 0 Å². The zero-order chi connectivity index (χ0) is 20.4. The zero-order valence-electron chi connectivity index (χ0n) is 17.9. The van der Waals surface area contributed by atoms with Gasteiger partial charge in [0.15, 0.2) is 0 Å². The van der Waals surface area contributed by atoms with Crippen LogP contribution in [0.4, 0.5) is 0 Å². The predicted octanol–water partition coefficient (Wildman–Crippen LogP) is 2.65. The van der Waals surface area contributed by atoms with Crippen molar-refractivity contribution in [3.63, 3.8) is 0 Å². The Labute approximate surface area is 178 Å². The van der Waals surface area contributed by atoms with Crippen molar-refractivity contribution < 1.29 is 9.59 Å². The standard InChI is InChI=1S/C23H33N5O2/c1-26(22(29)17-8-21(9-17)27-12-24-25-13-27)20-10-18-4-5-19(11-20)28(18)23(30)16-6-14-2-3-15(14)7-16/h12-21H,2-11H2,1H3/t14-,15+,16?,17?,18-,19+,20?,21?. The molecular formula is C23H33N5O2. The number of amides is 2. The number of carbonyl (C=O) groups excluding carboxylic acids is 2. The Morgan fingerprint density at radius 3 is 1.97 bits per heavy atom. The van der Waals surface area contributed by atoms with E-state index in [-0.39, 0.29) is 23.8 Å². The first kappa shape index (κ1) is 18.8. The maximum Gasteiger partial charge on any atom is 0.226 e. The molecule has 0 N–H and O–H groups in total. The van der Waals surface area contributed by atoms with Gasteiger partial charge in [0.05, 0.1) is 0 Å². The maximum atomic E-state index is 13.3. The summed E-state index contributed by atoms with van der Waals surface area (Å²) in [7, 11) is 1.99. The van der Waals surface area contributed by atoms with Crippen molar-refractivity contribution >= 4 is 11.8 Å². The molecular weight excluding hydrogens is 378 g/mol. The van der Waals surface area contributed by atoms with Crippen molar-refractivity contribution in [2.45, 2.75) is 88.4 Å². The summed E-state index contributed by atoms with van der Waals surface area (Å²) in [6, 6.07) is 1.34. The average Bonchev–Trinajstić information content (AvgIpc) is 3.38. The van der Waals surface area contributed by atoms with E-state index < -0.39 is 0 Å². The molecule has 1 aromatic heterocycles. The van der Waals surface area contributed by atoms with E-state index in [1.54, 1.807) is 12.7 Å². The SMILES string of the molecule is CN(C(=O)C1CC(n2cnnc2)C1)C1C[C@H]2CC[C@@H](C1)N2C(=O)C1C[C@H]2CC[C@H]2C1. The van der Waals surface area contributed by atoms with Crippen molar-refractivity contribution in [2.24, 2.45) is 23.7 Å². The summed E-state index contributed by atoms with van der Waals surface area (Å²) in [5.74, 6) is 2.81. The molecule has 0 aromatic carbocycles. The van der Waals surface area contributed by atoms with Gasteiger partial charge in [-0.3, -0.25) is 9.59 Å². The first-order valence-corrected chi connectivity index (χ1v) is 12.0. The zero-order valence-corrected chi connectivity index (χ0v) is 17.9. The summed E-state index contributed by atoms with van der Waals surface area (Å²) in [6.45, 7) is 0. The first-order chi connectivity index (χ1) is 14.6. The number of rotatable bonds is 4. The third kappa shape index (κ3) is 2.91. The topological polar surface area (TPSA) is 71.3 Å². The van der Waals surface area contributed by atoms with E-state index in [0.717, 1.165) is 63.2 Å². The van der Waals surface area contributed by atoms with E-state index >= 15 is 0 Å². The van der Waals surface area contributed by atoms with Crippen LogP contribution in [0.25, 0.3) is 0 Å². The fourth-order valence-corrected chi connectivity index (χ4v) is 7.22. The highest BCUT2D eigenvalue weighted by molar-refractivity contribution is 5.81. The Morgan fingerprint density at radius 1 is 0.800 bits per heavy atom. The van der Waals surface area contributed by atoms with E-state index in [1.807, 2.05) is 16.5 Å². The van der Waals surface area contributed by atoms with Crippen LogP contribution in [0.15, 0.2) is 12.7 Å². The molecule has 1 aromatic rings. The molecule has 2 unspecified atom stereocenters. The summed E-state index contributed by atoms with van der Waals surface area (Å²) in [5, 5.41) is 7.75. The lowest BCUT2D eigenvalue weighted by Crippen LogP contribution is -2.55. The van der Waals surface area contributed by atoms with Gasteiger partial charge in [-0.1, -0.05) is 0 Å². The summed E-state index contributed by atoms with van der Waals surface area (Å²) in [6.07, 6.45) is 14.4. The Bertz CT molecular complexity index is 794. The van der Waals surface area contributed by atoms with Crippen molar-refractivity contribution in [3.8, 4) is 0 Å². The summed E-state index contributed by atoms with van der Waals surface area (Å²) in [5.41, 5.74) is 0. The van der Waals surface area contributed by atoms with Crippen LogP contribution in [0.5, 0.6) is 0 Å². The fraction of sp³-hybridized carbons (Fsp3) is 0.826. The highest BCUT2D eigenvalue weighted by Crippen LogP contribution is 2.51. The third-order valence-corrected chi connectivity index (χ3v) is 9.28. The normalized spacial score (nSPS) is 41.7. The number of hydrogen-bond donors (Lipinski definition) is 0. The van der Waals surface area contributed by atoms with Crippen molar-refractivity contribution in [1.82, 2.24) is 24.6 Å². The monoisotopic (exact) mass is 411 g/mol. The van der Waals surface area contributed by atoms with Gasteiger partial charge in [-0.05, 0) is 76.0 Å².